The fraction of sp³-hybridized carbons (Fsp3) is 0.800. The zero-order valence-electron chi connectivity index (χ0n) is 9.62. The fourth-order valence-corrected chi connectivity index (χ4v) is 1.30. The molecule has 88 valence electrons. The molecule has 0 aliphatic carbocycles. The third-order valence-corrected chi connectivity index (χ3v) is 2.02. The van der Waals surface area contributed by atoms with Gasteiger partial charge in [-0.25, -0.2) is 0 Å². The summed E-state index contributed by atoms with van der Waals surface area (Å²) >= 11 is 0. The smallest absolute Gasteiger partial charge is 0.305 e. The molecule has 0 saturated heterocycles. The van der Waals surface area contributed by atoms with Gasteiger partial charge in [-0.2, -0.15) is 0 Å². The number of carboxylic acid groups (broad SMARTS) is 1. The van der Waals surface area contributed by atoms with Crippen LogP contribution in [0.2, 0.25) is 0 Å². The molecule has 0 bridgehead atoms. The van der Waals surface area contributed by atoms with Crippen molar-refractivity contribution in [3.8, 4) is 0 Å². The quantitative estimate of drug-likeness (QED) is 0.698. The molecule has 1 amide bonds. The molecule has 0 unspecified atom stereocenters. The number of amides is 1. The van der Waals surface area contributed by atoms with Crippen LogP contribution in [0, 0.1) is 0 Å². The van der Waals surface area contributed by atoms with Gasteiger partial charge in [0.05, 0.1) is 6.42 Å². The molecule has 0 atom stereocenters. The van der Waals surface area contributed by atoms with Crippen molar-refractivity contribution in [1.82, 2.24) is 4.90 Å². The molecule has 0 aromatic rings. The molecule has 0 aromatic carbocycles. The molecular weight excluding hydrogens is 196 g/mol. The maximum Gasteiger partial charge on any atom is 0.305 e. The summed E-state index contributed by atoms with van der Waals surface area (Å²) in [4.78, 5) is 23.7. The van der Waals surface area contributed by atoms with E-state index < -0.39 is 5.97 Å². The van der Waals surface area contributed by atoms with Gasteiger partial charge in [0.25, 0.3) is 0 Å². The largest absolute Gasteiger partial charge is 0.481 e. The van der Waals surface area contributed by atoms with Crippen LogP contribution < -0.4 is 5.73 Å². The summed E-state index contributed by atoms with van der Waals surface area (Å²) in [5, 5.41) is 8.58. The SMILES string of the molecule is CC(C)(C)N(CCC(=O)O)C(=O)CCN. The third-order valence-electron chi connectivity index (χ3n) is 2.02. The first kappa shape index (κ1) is 13.9. The summed E-state index contributed by atoms with van der Waals surface area (Å²) in [5.74, 6) is -0.990. The topological polar surface area (TPSA) is 83.6 Å². The van der Waals surface area contributed by atoms with E-state index in [0.717, 1.165) is 0 Å². The second-order valence-corrected chi connectivity index (χ2v) is 4.40. The van der Waals surface area contributed by atoms with Crippen LogP contribution in [-0.2, 0) is 9.59 Å². The standard InChI is InChI=1S/C10H20N2O3/c1-10(2,3)12(7-5-9(14)15)8(13)4-6-11/h4-7,11H2,1-3H3,(H,14,15). The Hall–Kier alpha value is -1.10. The molecule has 3 N–H and O–H groups in total. The molecule has 0 fully saturated rings. The zero-order chi connectivity index (χ0) is 12.1. The van der Waals surface area contributed by atoms with Crippen LogP contribution in [0.4, 0.5) is 0 Å². The van der Waals surface area contributed by atoms with Gasteiger partial charge in [-0.05, 0) is 20.8 Å². The lowest BCUT2D eigenvalue weighted by molar-refractivity contribution is -0.140. The molecule has 0 saturated carbocycles. The fourth-order valence-electron chi connectivity index (χ4n) is 1.30. The van der Waals surface area contributed by atoms with Crippen molar-refractivity contribution in [2.24, 2.45) is 5.73 Å². The first-order valence-corrected chi connectivity index (χ1v) is 5.01. The van der Waals surface area contributed by atoms with Gasteiger partial charge < -0.3 is 15.7 Å². The number of carbonyl (C=O) groups excluding carboxylic acids is 1. The lowest BCUT2D eigenvalue weighted by Crippen LogP contribution is -2.47. The Labute approximate surface area is 90.2 Å². The predicted octanol–water partition coefficient (Wildman–Crippen LogP) is 0.437. The van der Waals surface area contributed by atoms with Crippen molar-refractivity contribution >= 4 is 11.9 Å². The van der Waals surface area contributed by atoms with Gasteiger partial charge in [0.15, 0.2) is 0 Å². The van der Waals surface area contributed by atoms with E-state index in [1.807, 2.05) is 20.8 Å². The van der Waals surface area contributed by atoms with Gasteiger partial charge in [0.2, 0.25) is 5.91 Å². The minimum Gasteiger partial charge on any atom is -0.481 e. The molecule has 5 nitrogen and oxygen atoms in total. The van der Waals surface area contributed by atoms with Crippen LogP contribution in [0.15, 0.2) is 0 Å². The minimum absolute atomic E-state index is 0.0341. The second-order valence-electron chi connectivity index (χ2n) is 4.40. The van der Waals surface area contributed by atoms with Gasteiger partial charge in [-0.3, -0.25) is 9.59 Å². The number of hydrogen-bond donors (Lipinski definition) is 2. The van der Waals surface area contributed by atoms with Crippen molar-refractivity contribution in [1.29, 1.82) is 0 Å². The molecule has 0 aliphatic rings. The van der Waals surface area contributed by atoms with E-state index in [4.69, 9.17) is 10.8 Å². The normalized spacial score (nSPS) is 11.2. The van der Waals surface area contributed by atoms with Crippen LogP contribution in [0.1, 0.15) is 33.6 Å². The predicted molar refractivity (Wildman–Crippen MR) is 57.4 cm³/mol. The highest BCUT2D eigenvalue weighted by Gasteiger charge is 2.25. The molecule has 0 spiro atoms. The van der Waals surface area contributed by atoms with Crippen molar-refractivity contribution in [3.05, 3.63) is 0 Å². The average Bonchev–Trinajstić information content (AvgIpc) is 2.01. The molecule has 15 heavy (non-hydrogen) atoms. The number of hydrogen-bond acceptors (Lipinski definition) is 3. The average molecular weight is 216 g/mol. The summed E-state index contributed by atoms with van der Waals surface area (Å²) in [5.41, 5.74) is 4.94. The Kier molecular flexibility index (Phi) is 5.28. The molecule has 0 radical (unpaired) electrons. The Morgan fingerprint density at radius 3 is 2.13 bits per heavy atom. The highest BCUT2D eigenvalue weighted by molar-refractivity contribution is 5.78. The van der Waals surface area contributed by atoms with E-state index >= 15 is 0 Å². The van der Waals surface area contributed by atoms with Crippen LogP contribution in [0.3, 0.4) is 0 Å². The van der Waals surface area contributed by atoms with Crippen molar-refractivity contribution in [2.45, 2.75) is 39.2 Å². The van der Waals surface area contributed by atoms with Crippen LogP contribution >= 0.6 is 0 Å². The summed E-state index contributed by atoms with van der Waals surface area (Å²) in [7, 11) is 0. The van der Waals surface area contributed by atoms with E-state index in [1.165, 1.54) is 0 Å². The maximum atomic E-state index is 11.7. The highest BCUT2D eigenvalue weighted by atomic mass is 16.4. The van der Waals surface area contributed by atoms with Gasteiger partial charge in [-0.1, -0.05) is 0 Å². The number of aliphatic carboxylic acids is 1. The Morgan fingerprint density at radius 1 is 1.27 bits per heavy atom. The Morgan fingerprint density at radius 2 is 1.80 bits per heavy atom. The Balaban J connectivity index is 4.45. The van der Waals surface area contributed by atoms with E-state index in [0.29, 0.717) is 6.54 Å². The van der Waals surface area contributed by atoms with Crippen LogP contribution in [0.5, 0.6) is 0 Å². The maximum absolute atomic E-state index is 11.7. The van der Waals surface area contributed by atoms with Crippen LogP contribution in [-0.4, -0.2) is 40.5 Å². The van der Waals surface area contributed by atoms with E-state index in [9.17, 15) is 9.59 Å². The number of carbonyl (C=O) groups is 2. The summed E-state index contributed by atoms with van der Waals surface area (Å²) in [6, 6.07) is 0. The molecule has 0 heterocycles. The molecular formula is C10H20N2O3. The highest BCUT2D eigenvalue weighted by Crippen LogP contribution is 2.14. The van der Waals surface area contributed by atoms with Gasteiger partial charge in [-0.15, -0.1) is 0 Å². The van der Waals surface area contributed by atoms with E-state index in [-0.39, 0.29) is 30.8 Å². The molecule has 5 heteroatoms. The number of rotatable bonds is 5. The van der Waals surface area contributed by atoms with Crippen molar-refractivity contribution < 1.29 is 14.7 Å². The van der Waals surface area contributed by atoms with Crippen LogP contribution in [0.25, 0.3) is 0 Å². The summed E-state index contributed by atoms with van der Waals surface area (Å²) in [6.07, 6.45) is 0.227. The van der Waals surface area contributed by atoms with Gasteiger partial charge in [0, 0.05) is 25.0 Å². The summed E-state index contributed by atoms with van der Waals surface area (Å²) in [6.45, 7) is 6.16. The molecule has 0 aromatic heterocycles. The minimum atomic E-state index is -0.898. The number of nitrogens with zero attached hydrogens (tertiary/aromatic N) is 1. The third kappa shape index (κ3) is 5.37. The first-order valence-electron chi connectivity index (χ1n) is 5.01. The molecule has 0 rings (SSSR count). The van der Waals surface area contributed by atoms with E-state index in [2.05, 4.69) is 0 Å². The number of carboxylic acids is 1. The second kappa shape index (κ2) is 5.70. The Bertz CT molecular complexity index is 233. The van der Waals surface area contributed by atoms with Gasteiger partial charge in [0.1, 0.15) is 0 Å². The monoisotopic (exact) mass is 216 g/mol. The lowest BCUT2D eigenvalue weighted by Gasteiger charge is -2.35. The first-order chi connectivity index (χ1) is 6.79. The summed E-state index contributed by atoms with van der Waals surface area (Å²) < 4.78 is 0. The van der Waals surface area contributed by atoms with Crippen molar-refractivity contribution in [3.63, 3.8) is 0 Å². The van der Waals surface area contributed by atoms with Crippen molar-refractivity contribution in [2.75, 3.05) is 13.1 Å². The lowest BCUT2D eigenvalue weighted by atomic mass is 10.0. The van der Waals surface area contributed by atoms with Gasteiger partial charge >= 0.3 is 5.97 Å². The zero-order valence-corrected chi connectivity index (χ0v) is 9.62. The number of nitrogens with two attached hydrogens (primary N) is 1. The molecule has 0 aliphatic heterocycles. The van der Waals surface area contributed by atoms with E-state index in [1.54, 1.807) is 4.90 Å².